The van der Waals surface area contributed by atoms with Gasteiger partial charge in [-0.25, -0.2) is 0 Å². The van der Waals surface area contributed by atoms with Crippen LogP contribution in [0.25, 0.3) is 11.1 Å². The van der Waals surface area contributed by atoms with Crippen LogP contribution < -0.4 is 36.6 Å². The van der Waals surface area contributed by atoms with Crippen LogP contribution in [0.5, 0.6) is 11.5 Å². The zero-order chi connectivity index (χ0) is 31.6. The summed E-state index contributed by atoms with van der Waals surface area (Å²) in [6.45, 7) is 3.72. The van der Waals surface area contributed by atoms with E-state index in [0.717, 1.165) is 33.9 Å². The van der Waals surface area contributed by atoms with Crippen LogP contribution in [-0.2, 0) is 4.74 Å². The Morgan fingerprint density at radius 1 is 0.457 bits per heavy atom. The Hall–Kier alpha value is -4.26. The van der Waals surface area contributed by atoms with Crippen molar-refractivity contribution in [1.29, 1.82) is 0 Å². The van der Waals surface area contributed by atoms with Gasteiger partial charge in [-0.1, -0.05) is 153 Å². The van der Waals surface area contributed by atoms with E-state index in [4.69, 9.17) is 9.47 Å². The predicted octanol–water partition coefficient (Wildman–Crippen LogP) is 7.38. The first-order valence-electron chi connectivity index (χ1n) is 15.7. The maximum Gasteiger partial charge on any atom is 0.128 e. The third kappa shape index (κ3) is 7.24. The average Bonchev–Trinajstić information content (AvgIpc) is 3.11. The molecule has 0 aliphatic heterocycles. The van der Waals surface area contributed by atoms with Gasteiger partial charge in [-0.3, -0.25) is 0 Å². The predicted molar refractivity (Wildman–Crippen MR) is 198 cm³/mol. The maximum atomic E-state index is 11.9. The topological polar surface area (TPSA) is 38.7 Å². The monoisotopic (exact) mass is 640 g/mol. The average molecular weight is 641 g/mol. The van der Waals surface area contributed by atoms with Crippen LogP contribution in [-0.4, -0.2) is 24.9 Å². The minimum Gasteiger partial charge on any atom is -0.507 e. The molecular formula is C41H38O3P2. The fourth-order valence-electron chi connectivity index (χ4n) is 5.67. The van der Waals surface area contributed by atoms with E-state index in [0.29, 0.717) is 19.8 Å². The molecule has 6 aromatic rings. The second kappa shape index (κ2) is 15.8. The van der Waals surface area contributed by atoms with E-state index in [2.05, 4.69) is 146 Å². The van der Waals surface area contributed by atoms with Crippen molar-refractivity contribution in [3.8, 4) is 22.6 Å². The molecule has 0 aliphatic carbocycles. The van der Waals surface area contributed by atoms with E-state index in [1.807, 2.05) is 12.1 Å². The molecule has 6 aromatic carbocycles. The van der Waals surface area contributed by atoms with Crippen molar-refractivity contribution in [3.63, 3.8) is 0 Å². The minimum absolute atomic E-state index is 0.243. The Kier molecular flexibility index (Phi) is 10.9. The Balaban J connectivity index is 1.62. The second-order valence-electron chi connectivity index (χ2n) is 10.8. The van der Waals surface area contributed by atoms with Gasteiger partial charge < -0.3 is 14.6 Å². The molecule has 5 heteroatoms. The van der Waals surface area contributed by atoms with Crippen molar-refractivity contribution in [2.45, 2.75) is 13.3 Å². The molecule has 46 heavy (non-hydrogen) atoms. The largest absolute Gasteiger partial charge is 0.507 e. The van der Waals surface area contributed by atoms with Gasteiger partial charge in [-0.2, -0.15) is 0 Å². The molecular weight excluding hydrogens is 602 g/mol. The Labute approximate surface area is 275 Å². The first-order valence-corrected chi connectivity index (χ1v) is 18.4. The number of phenols is 1. The lowest BCUT2D eigenvalue weighted by Gasteiger charge is -2.28. The molecule has 1 N–H and O–H groups in total. The number of aromatic hydroxyl groups is 1. The minimum atomic E-state index is -1.01. The molecule has 0 saturated carbocycles. The van der Waals surface area contributed by atoms with Gasteiger partial charge in [0.2, 0.25) is 0 Å². The normalized spacial score (nSPS) is 11.2. The lowest BCUT2D eigenvalue weighted by Crippen LogP contribution is -2.26. The van der Waals surface area contributed by atoms with Gasteiger partial charge in [0, 0.05) is 17.7 Å². The lowest BCUT2D eigenvalue weighted by molar-refractivity contribution is 0.101. The van der Waals surface area contributed by atoms with E-state index in [-0.39, 0.29) is 5.75 Å². The van der Waals surface area contributed by atoms with Crippen LogP contribution >= 0.6 is 15.8 Å². The molecule has 0 aliphatic rings. The van der Waals surface area contributed by atoms with Crippen LogP contribution in [0.1, 0.15) is 13.3 Å². The van der Waals surface area contributed by atoms with Crippen LogP contribution in [0.15, 0.2) is 158 Å². The highest BCUT2D eigenvalue weighted by Gasteiger charge is 2.29. The van der Waals surface area contributed by atoms with Crippen molar-refractivity contribution < 1.29 is 14.6 Å². The molecule has 230 valence electrons. The van der Waals surface area contributed by atoms with Crippen molar-refractivity contribution in [1.82, 2.24) is 0 Å². The van der Waals surface area contributed by atoms with Gasteiger partial charge in [0.05, 0.1) is 6.61 Å². The standard InChI is InChI=1S/C41H38O3P2/c1-2-29-43-30-31-44-37-26-16-28-39(46(34-21-11-5-12-22-34)35-23-13-6-14-24-35)41(37)40-36(42)25-15-27-38(40)45(32-17-7-3-8-18-32)33-19-9-4-10-20-33/h3-28,42H,2,29-31H2,1H3. The summed E-state index contributed by atoms with van der Waals surface area (Å²) in [5.41, 5.74) is 1.75. The molecule has 0 amide bonds. The number of hydrogen-bond donors (Lipinski definition) is 1. The molecule has 0 spiro atoms. The van der Waals surface area contributed by atoms with Gasteiger partial charge in [-0.05, 0) is 66.2 Å². The van der Waals surface area contributed by atoms with Gasteiger partial charge in [-0.15, -0.1) is 0 Å². The molecule has 0 aromatic heterocycles. The quantitative estimate of drug-likeness (QED) is 0.106. The third-order valence-electron chi connectivity index (χ3n) is 7.65. The first-order chi connectivity index (χ1) is 22.8. The van der Waals surface area contributed by atoms with Gasteiger partial charge in [0.1, 0.15) is 18.1 Å². The van der Waals surface area contributed by atoms with Gasteiger partial charge in [0.25, 0.3) is 0 Å². The number of ether oxygens (including phenoxy) is 2. The summed E-state index contributed by atoms with van der Waals surface area (Å²) in [6, 6.07) is 54.9. The molecule has 0 heterocycles. The fourth-order valence-corrected chi connectivity index (χ4v) is 10.6. The summed E-state index contributed by atoms with van der Waals surface area (Å²) >= 11 is 0. The molecule has 0 unspecified atom stereocenters. The highest BCUT2D eigenvalue weighted by molar-refractivity contribution is 7.80. The van der Waals surface area contributed by atoms with E-state index in [1.54, 1.807) is 6.07 Å². The molecule has 0 radical (unpaired) electrons. The van der Waals surface area contributed by atoms with E-state index < -0.39 is 15.8 Å². The molecule has 0 fully saturated rings. The maximum absolute atomic E-state index is 11.9. The summed E-state index contributed by atoms with van der Waals surface area (Å²) in [7, 11) is -2.01. The Morgan fingerprint density at radius 3 is 1.35 bits per heavy atom. The summed E-state index contributed by atoms with van der Waals surface area (Å²) < 4.78 is 12.4. The number of rotatable bonds is 13. The molecule has 0 atom stereocenters. The van der Waals surface area contributed by atoms with E-state index in [9.17, 15) is 5.11 Å². The zero-order valence-electron chi connectivity index (χ0n) is 26.0. The number of hydrogen-bond acceptors (Lipinski definition) is 3. The third-order valence-corrected chi connectivity index (χ3v) is 12.6. The van der Waals surface area contributed by atoms with Crippen LogP contribution in [0.3, 0.4) is 0 Å². The van der Waals surface area contributed by atoms with Crippen molar-refractivity contribution in [2.75, 3.05) is 19.8 Å². The highest BCUT2D eigenvalue weighted by Crippen LogP contribution is 2.46. The van der Waals surface area contributed by atoms with E-state index >= 15 is 0 Å². The van der Waals surface area contributed by atoms with Gasteiger partial charge in [0.15, 0.2) is 0 Å². The van der Waals surface area contributed by atoms with Crippen LogP contribution in [0.4, 0.5) is 0 Å². The Morgan fingerprint density at radius 2 is 0.891 bits per heavy atom. The molecule has 3 nitrogen and oxygen atoms in total. The number of phenolic OH excluding ortho intramolecular Hbond substituents is 1. The molecule has 6 rings (SSSR count). The van der Waals surface area contributed by atoms with Crippen molar-refractivity contribution in [3.05, 3.63) is 158 Å². The zero-order valence-corrected chi connectivity index (χ0v) is 27.8. The number of benzene rings is 6. The SMILES string of the molecule is CCCOCCOc1cccc(P(c2ccccc2)c2ccccc2)c1-c1c(O)cccc1P(c1ccccc1)c1ccccc1. The summed E-state index contributed by atoms with van der Waals surface area (Å²) in [4.78, 5) is 0. The Bertz CT molecular complexity index is 1730. The molecule has 0 saturated heterocycles. The smallest absolute Gasteiger partial charge is 0.128 e. The molecule has 0 bridgehead atoms. The summed E-state index contributed by atoms with van der Waals surface area (Å²) in [6.07, 6.45) is 0.961. The summed E-state index contributed by atoms with van der Waals surface area (Å²) in [5.74, 6) is 0.989. The fraction of sp³-hybridized carbons (Fsp3) is 0.122. The van der Waals surface area contributed by atoms with Crippen LogP contribution in [0, 0.1) is 0 Å². The van der Waals surface area contributed by atoms with Crippen molar-refractivity contribution >= 4 is 47.7 Å². The first kappa shape index (κ1) is 31.7. The van der Waals surface area contributed by atoms with E-state index in [1.165, 1.54) is 21.2 Å². The highest BCUT2D eigenvalue weighted by atomic mass is 31.1. The summed E-state index contributed by atoms with van der Waals surface area (Å²) in [5, 5.41) is 19.1. The van der Waals surface area contributed by atoms with Crippen molar-refractivity contribution in [2.24, 2.45) is 0 Å². The van der Waals surface area contributed by atoms with Gasteiger partial charge >= 0.3 is 0 Å². The van der Waals surface area contributed by atoms with Crippen LogP contribution in [0.2, 0.25) is 0 Å². The second-order valence-corrected chi connectivity index (χ2v) is 15.2. The lowest BCUT2D eigenvalue weighted by atomic mass is 10.0.